The molecule has 1 unspecified atom stereocenters. The molecule has 37 heavy (non-hydrogen) atoms. The van der Waals surface area contributed by atoms with Crippen LogP contribution in [0.1, 0.15) is 52.0 Å². The fraction of sp³-hybridized carbons (Fsp3) is 0.219. The molecular formula is C32H30N2O3. The maximum absolute atomic E-state index is 13.2. The summed E-state index contributed by atoms with van der Waals surface area (Å²) >= 11 is 0. The van der Waals surface area contributed by atoms with Gasteiger partial charge in [-0.15, -0.1) is 0 Å². The summed E-state index contributed by atoms with van der Waals surface area (Å²) in [5.74, 6) is 1.16. The number of esters is 1. The molecule has 0 saturated carbocycles. The summed E-state index contributed by atoms with van der Waals surface area (Å²) in [7, 11) is 4.05. The number of carbonyl (C=O) groups excluding carboxylic acids is 1. The Labute approximate surface area is 217 Å². The second-order valence-electron chi connectivity index (χ2n) is 9.83. The van der Waals surface area contributed by atoms with Crippen molar-refractivity contribution < 1.29 is 14.3 Å². The van der Waals surface area contributed by atoms with Gasteiger partial charge in [-0.05, 0) is 72.5 Å². The van der Waals surface area contributed by atoms with E-state index in [9.17, 15) is 4.79 Å². The average molecular weight is 491 g/mol. The minimum Gasteiger partial charge on any atom is -0.456 e. The van der Waals surface area contributed by atoms with Gasteiger partial charge in [0, 0.05) is 53.9 Å². The van der Waals surface area contributed by atoms with Crippen LogP contribution in [-0.4, -0.2) is 20.1 Å². The van der Waals surface area contributed by atoms with Gasteiger partial charge >= 0.3 is 5.97 Å². The Morgan fingerprint density at radius 1 is 0.811 bits per heavy atom. The lowest BCUT2D eigenvalue weighted by Crippen LogP contribution is -2.33. The van der Waals surface area contributed by atoms with Crippen LogP contribution in [0.25, 0.3) is 0 Å². The van der Waals surface area contributed by atoms with E-state index < -0.39 is 5.60 Å². The zero-order valence-corrected chi connectivity index (χ0v) is 21.6. The third-order valence-electron chi connectivity index (χ3n) is 7.41. The van der Waals surface area contributed by atoms with E-state index in [1.165, 1.54) is 5.56 Å². The zero-order valence-electron chi connectivity index (χ0n) is 21.6. The standard InChI is InChI=1S/C32H30N2O3/c1-5-20-17-21(6-2)30-28(18-20)32(26-10-8-7-9-25(26)31(35)37-32)27-16-13-23(19-29(27)36-30)33-22-11-14-24(15-12-22)34(3)4/h7-19,33H,5-6H2,1-4H3. The summed E-state index contributed by atoms with van der Waals surface area (Å²) in [4.78, 5) is 15.2. The molecule has 4 aromatic carbocycles. The molecular weight excluding hydrogens is 460 g/mol. The maximum atomic E-state index is 13.2. The summed E-state index contributed by atoms with van der Waals surface area (Å²) in [5, 5.41) is 3.49. The first-order valence-electron chi connectivity index (χ1n) is 12.8. The molecule has 0 fully saturated rings. The highest BCUT2D eigenvalue weighted by atomic mass is 16.6. The van der Waals surface area contributed by atoms with Crippen molar-refractivity contribution in [2.75, 3.05) is 24.3 Å². The second-order valence-corrected chi connectivity index (χ2v) is 9.83. The molecule has 2 aliphatic heterocycles. The van der Waals surface area contributed by atoms with Crippen LogP contribution in [0.2, 0.25) is 0 Å². The van der Waals surface area contributed by atoms with Crippen LogP contribution in [0.3, 0.4) is 0 Å². The maximum Gasteiger partial charge on any atom is 0.340 e. The number of rotatable bonds is 5. The number of benzene rings is 4. The Morgan fingerprint density at radius 2 is 1.57 bits per heavy atom. The molecule has 0 radical (unpaired) electrons. The van der Waals surface area contributed by atoms with Crippen LogP contribution in [-0.2, 0) is 23.2 Å². The Balaban J connectivity index is 1.52. The van der Waals surface area contributed by atoms with E-state index in [0.717, 1.165) is 57.9 Å². The molecule has 1 atom stereocenters. The summed E-state index contributed by atoms with van der Waals surface area (Å²) < 4.78 is 13.0. The fourth-order valence-electron chi connectivity index (χ4n) is 5.46. The SMILES string of the molecule is CCc1cc(CC)c2c(c1)C1(OC(=O)c3ccccc31)c1ccc(Nc3ccc(N(C)C)cc3)cc1O2. The van der Waals surface area contributed by atoms with Gasteiger partial charge in [-0.3, -0.25) is 0 Å². The zero-order chi connectivity index (χ0) is 25.7. The lowest BCUT2D eigenvalue weighted by molar-refractivity contribution is 0.0223. The molecule has 0 saturated heterocycles. The Kier molecular flexibility index (Phi) is 5.45. The first-order valence-corrected chi connectivity index (χ1v) is 12.8. The molecule has 0 aliphatic carbocycles. The quantitative estimate of drug-likeness (QED) is 0.300. The van der Waals surface area contributed by atoms with Crippen molar-refractivity contribution in [1.82, 2.24) is 0 Å². The number of aryl methyl sites for hydroxylation is 2. The molecule has 0 amide bonds. The number of nitrogens with one attached hydrogen (secondary N) is 1. The van der Waals surface area contributed by atoms with Gasteiger partial charge in [0.15, 0.2) is 5.60 Å². The van der Waals surface area contributed by atoms with Crippen molar-refractivity contribution in [1.29, 1.82) is 0 Å². The van der Waals surface area contributed by atoms with Crippen molar-refractivity contribution in [2.24, 2.45) is 0 Å². The number of ether oxygens (including phenoxy) is 2. The number of carbonyl (C=O) groups is 1. The van der Waals surface area contributed by atoms with E-state index in [1.807, 2.05) is 56.6 Å². The molecule has 186 valence electrons. The monoisotopic (exact) mass is 490 g/mol. The second kappa shape index (κ2) is 8.70. The van der Waals surface area contributed by atoms with Crippen molar-refractivity contribution >= 4 is 23.0 Å². The molecule has 1 N–H and O–H groups in total. The van der Waals surface area contributed by atoms with Gasteiger partial charge in [-0.1, -0.05) is 38.1 Å². The summed E-state index contributed by atoms with van der Waals surface area (Å²) in [5.41, 5.74) is 7.48. The van der Waals surface area contributed by atoms with E-state index >= 15 is 0 Å². The average Bonchev–Trinajstić information content (AvgIpc) is 3.21. The topological polar surface area (TPSA) is 50.8 Å². The fourth-order valence-corrected chi connectivity index (χ4v) is 5.46. The van der Waals surface area contributed by atoms with E-state index in [-0.39, 0.29) is 5.97 Å². The molecule has 0 aromatic heterocycles. The van der Waals surface area contributed by atoms with Crippen LogP contribution in [0, 0.1) is 0 Å². The van der Waals surface area contributed by atoms with Gasteiger partial charge in [0.1, 0.15) is 11.5 Å². The van der Waals surface area contributed by atoms with Crippen molar-refractivity contribution in [3.63, 3.8) is 0 Å². The molecule has 2 aliphatic rings. The van der Waals surface area contributed by atoms with E-state index in [0.29, 0.717) is 11.3 Å². The van der Waals surface area contributed by atoms with Crippen LogP contribution < -0.4 is 15.0 Å². The third kappa shape index (κ3) is 3.57. The van der Waals surface area contributed by atoms with Crippen LogP contribution >= 0.6 is 0 Å². The van der Waals surface area contributed by atoms with Gasteiger partial charge in [-0.25, -0.2) is 4.79 Å². The van der Waals surface area contributed by atoms with E-state index in [1.54, 1.807) is 0 Å². The predicted molar refractivity (Wildman–Crippen MR) is 148 cm³/mol. The first kappa shape index (κ1) is 23.2. The first-order chi connectivity index (χ1) is 17.9. The molecule has 5 heteroatoms. The highest BCUT2D eigenvalue weighted by Gasteiger charge is 2.53. The van der Waals surface area contributed by atoms with Crippen LogP contribution in [0.5, 0.6) is 11.5 Å². The van der Waals surface area contributed by atoms with Gasteiger partial charge in [0.2, 0.25) is 0 Å². The Bertz CT molecular complexity index is 1520. The van der Waals surface area contributed by atoms with Crippen LogP contribution in [0.15, 0.2) is 78.9 Å². The van der Waals surface area contributed by atoms with Crippen molar-refractivity contribution in [2.45, 2.75) is 32.3 Å². The van der Waals surface area contributed by atoms with E-state index in [2.05, 4.69) is 60.5 Å². The highest BCUT2D eigenvalue weighted by molar-refractivity contribution is 5.97. The van der Waals surface area contributed by atoms with Crippen molar-refractivity contribution in [3.8, 4) is 11.5 Å². The molecule has 5 nitrogen and oxygen atoms in total. The Hall–Kier alpha value is -4.25. The number of fused-ring (bicyclic) bond motifs is 6. The number of hydrogen-bond donors (Lipinski definition) is 1. The van der Waals surface area contributed by atoms with Gasteiger partial charge < -0.3 is 19.7 Å². The summed E-state index contributed by atoms with van der Waals surface area (Å²) in [6.45, 7) is 4.27. The molecule has 4 aromatic rings. The molecule has 2 heterocycles. The summed E-state index contributed by atoms with van der Waals surface area (Å²) in [6.07, 6.45) is 1.70. The molecule has 1 spiro atoms. The van der Waals surface area contributed by atoms with Crippen LogP contribution in [0.4, 0.5) is 17.1 Å². The lowest BCUT2D eigenvalue weighted by Gasteiger charge is -2.38. The normalized spacial score (nSPS) is 16.9. The smallest absolute Gasteiger partial charge is 0.340 e. The summed E-state index contributed by atoms with van der Waals surface area (Å²) in [6, 6.07) is 26.4. The van der Waals surface area contributed by atoms with Gasteiger partial charge in [0.05, 0.1) is 5.56 Å². The van der Waals surface area contributed by atoms with E-state index in [4.69, 9.17) is 9.47 Å². The number of hydrogen-bond acceptors (Lipinski definition) is 5. The number of anilines is 3. The minimum atomic E-state index is -1.04. The molecule has 0 bridgehead atoms. The number of nitrogens with zero attached hydrogens (tertiary/aromatic N) is 1. The third-order valence-corrected chi connectivity index (χ3v) is 7.41. The Morgan fingerprint density at radius 3 is 2.30 bits per heavy atom. The van der Waals surface area contributed by atoms with Crippen molar-refractivity contribution in [3.05, 3.63) is 112 Å². The van der Waals surface area contributed by atoms with Gasteiger partial charge in [-0.2, -0.15) is 0 Å². The molecule has 6 rings (SSSR count). The predicted octanol–water partition coefficient (Wildman–Crippen LogP) is 7.19. The lowest BCUT2D eigenvalue weighted by atomic mass is 9.76. The largest absolute Gasteiger partial charge is 0.456 e. The van der Waals surface area contributed by atoms with Gasteiger partial charge in [0.25, 0.3) is 0 Å². The highest BCUT2D eigenvalue weighted by Crippen LogP contribution is 2.57. The minimum absolute atomic E-state index is 0.308.